The molecular weight excluding hydrogens is 297 g/mol. The zero-order valence-electron chi connectivity index (χ0n) is 11.8. The third kappa shape index (κ3) is 5.49. The zero-order chi connectivity index (χ0) is 13.7. The largest absolute Gasteiger partial charge is 0.489 e. The lowest BCUT2D eigenvalue weighted by Crippen LogP contribution is -2.40. The molecule has 1 fully saturated rings. The molecule has 1 aliphatic heterocycles. The number of β-amino-alcohol motifs (C(OH)–C–C–N with tert-alkyl or cyclic N) is 1. The smallest absolute Gasteiger partial charge is 0.138 e. The van der Waals surface area contributed by atoms with E-state index in [0.29, 0.717) is 17.3 Å². The lowest BCUT2D eigenvalue weighted by Gasteiger charge is -2.31. The monoisotopic (exact) mass is 319 g/mol. The van der Waals surface area contributed by atoms with Crippen LogP contribution in [0.25, 0.3) is 0 Å². The van der Waals surface area contributed by atoms with Crippen LogP contribution in [0.4, 0.5) is 0 Å². The van der Waals surface area contributed by atoms with Gasteiger partial charge >= 0.3 is 0 Å². The number of nitrogens with zero attached hydrogens (tertiary/aromatic N) is 1. The first-order valence-electron chi connectivity index (χ1n) is 6.93. The summed E-state index contributed by atoms with van der Waals surface area (Å²) in [7, 11) is 0. The van der Waals surface area contributed by atoms with Gasteiger partial charge in [0, 0.05) is 6.54 Å². The second-order valence-electron chi connectivity index (χ2n) is 5.38. The quantitative estimate of drug-likeness (QED) is 0.904. The van der Waals surface area contributed by atoms with Gasteiger partial charge in [-0.2, -0.15) is 0 Å². The number of piperidine rings is 1. The van der Waals surface area contributed by atoms with E-state index in [1.54, 1.807) is 6.07 Å². The Hall–Kier alpha value is -0.480. The fraction of sp³-hybridized carbons (Fsp3) is 0.600. The highest BCUT2D eigenvalue weighted by Crippen LogP contribution is 2.23. The molecule has 0 bridgehead atoms. The summed E-state index contributed by atoms with van der Waals surface area (Å²) >= 11 is 6.00. The molecule has 0 radical (unpaired) electrons. The molecule has 1 unspecified atom stereocenters. The molecule has 1 atom stereocenters. The fourth-order valence-electron chi connectivity index (χ4n) is 2.34. The number of aliphatic hydroxyl groups excluding tert-OH is 1. The Balaban J connectivity index is 0.00000200. The van der Waals surface area contributed by atoms with Crippen LogP contribution in [0.2, 0.25) is 5.02 Å². The van der Waals surface area contributed by atoms with Crippen molar-refractivity contribution in [1.29, 1.82) is 0 Å². The summed E-state index contributed by atoms with van der Waals surface area (Å²) in [6.45, 7) is 5.40. The second-order valence-corrected chi connectivity index (χ2v) is 5.79. The Morgan fingerprint density at radius 1 is 1.35 bits per heavy atom. The highest BCUT2D eigenvalue weighted by molar-refractivity contribution is 6.32. The second kappa shape index (κ2) is 8.73. The van der Waals surface area contributed by atoms with Crippen LogP contribution in [0, 0.1) is 5.92 Å². The zero-order valence-corrected chi connectivity index (χ0v) is 13.4. The highest BCUT2D eigenvalue weighted by atomic mass is 35.5. The minimum absolute atomic E-state index is 0. The average molecular weight is 320 g/mol. The Labute approximate surface area is 132 Å². The van der Waals surface area contributed by atoms with Crippen molar-refractivity contribution in [2.75, 3.05) is 26.2 Å². The Bertz CT molecular complexity index is 395. The maximum Gasteiger partial charge on any atom is 0.138 e. The van der Waals surface area contributed by atoms with Gasteiger partial charge in [-0.25, -0.2) is 0 Å². The Morgan fingerprint density at radius 3 is 2.65 bits per heavy atom. The van der Waals surface area contributed by atoms with E-state index < -0.39 is 6.10 Å². The molecule has 0 amide bonds. The van der Waals surface area contributed by atoms with Crippen LogP contribution in [0.15, 0.2) is 24.3 Å². The number of rotatable bonds is 5. The molecule has 5 heteroatoms. The van der Waals surface area contributed by atoms with Gasteiger partial charge in [0.15, 0.2) is 0 Å². The van der Waals surface area contributed by atoms with E-state index >= 15 is 0 Å². The van der Waals surface area contributed by atoms with Crippen molar-refractivity contribution >= 4 is 24.0 Å². The number of ether oxygens (including phenoxy) is 1. The molecule has 3 nitrogen and oxygen atoms in total. The number of benzene rings is 1. The van der Waals surface area contributed by atoms with Crippen LogP contribution in [0.3, 0.4) is 0 Å². The van der Waals surface area contributed by atoms with E-state index in [-0.39, 0.29) is 19.0 Å². The first-order chi connectivity index (χ1) is 9.15. The molecule has 0 spiro atoms. The maximum atomic E-state index is 10.0. The normalized spacial score (nSPS) is 18.4. The van der Waals surface area contributed by atoms with Crippen LogP contribution in [0.5, 0.6) is 5.75 Å². The highest BCUT2D eigenvalue weighted by Gasteiger charge is 2.18. The lowest BCUT2D eigenvalue weighted by atomic mass is 9.99. The molecule has 1 aliphatic rings. The minimum atomic E-state index is -0.468. The topological polar surface area (TPSA) is 32.7 Å². The molecule has 1 heterocycles. The third-order valence-electron chi connectivity index (χ3n) is 3.61. The lowest BCUT2D eigenvalue weighted by molar-refractivity contribution is 0.0563. The molecule has 0 saturated carbocycles. The van der Waals surface area contributed by atoms with Gasteiger partial charge in [-0.1, -0.05) is 30.7 Å². The van der Waals surface area contributed by atoms with Crippen LogP contribution in [-0.4, -0.2) is 42.4 Å². The van der Waals surface area contributed by atoms with Crippen molar-refractivity contribution in [3.63, 3.8) is 0 Å². The molecule has 1 aromatic rings. The van der Waals surface area contributed by atoms with Crippen molar-refractivity contribution in [3.05, 3.63) is 29.3 Å². The molecule has 0 aliphatic carbocycles. The molecule has 1 saturated heterocycles. The minimum Gasteiger partial charge on any atom is -0.489 e. The first-order valence-corrected chi connectivity index (χ1v) is 7.30. The van der Waals surface area contributed by atoms with E-state index in [2.05, 4.69) is 11.8 Å². The first kappa shape index (κ1) is 17.6. The third-order valence-corrected chi connectivity index (χ3v) is 3.93. The summed E-state index contributed by atoms with van der Waals surface area (Å²) in [5.41, 5.74) is 0. The van der Waals surface area contributed by atoms with Crippen molar-refractivity contribution in [1.82, 2.24) is 4.90 Å². The average Bonchev–Trinajstić information content (AvgIpc) is 2.40. The Morgan fingerprint density at radius 2 is 2.00 bits per heavy atom. The van der Waals surface area contributed by atoms with Gasteiger partial charge in [-0.05, 0) is 44.0 Å². The van der Waals surface area contributed by atoms with E-state index in [0.717, 1.165) is 19.0 Å². The number of aliphatic hydroxyl groups is 1. The summed E-state index contributed by atoms with van der Waals surface area (Å²) < 4.78 is 5.55. The summed E-state index contributed by atoms with van der Waals surface area (Å²) in [5, 5.41) is 10.6. The number of halogens is 2. The fourth-order valence-corrected chi connectivity index (χ4v) is 2.53. The predicted molar refractivity (Wildman–Crippen MR) is 85.0 cm³/mol. The molecule has 114 valence electrons. The van der Waals surface area contributed by atoms with Crippen LogP contribution in [-0.2, 0) is 0 Å². The van der Waals surface area contributed by atoms with Crippen molar-refractivity contribution in [3.8, 4) is 5.75 Å². The van der Waals surface area contributed by atoms with E-state index in [1.807, 2.05) is 18.2 Å². The molecule has 1 N–H and O–H groups in total. The van der Waals surface area contributed by atoms with E-state index in [1.165, 1.54) is 12.8 Å². The summed E-state index contributed by atoms with van der Waals surface area (Å²) in [4.78, 5) is 2.31. The van der Waals surface area contributed by atoms with Gasteiger partial charge in [-0.15, -0.1) is 12.4 Å². The van der Waals surface area contributed by atoms with E-state index in [9.17, 15) is 5.11 Å². The number of likely N-dealkylation sites (tertiary alicyclic amines) is 1. The summed E-state index contributed by atoms with van der Waals surface area (Å²) in [6, 6.07) is 7.34. The summed E-state index contributed by atoms with van der Waals surface area (Å²) in [6.07, 6.45) is 1.97. The van der Waals surface area contributed by atoms with Crippen LogP contribution < -0.4 is 4.74 Å². The number of para-hydroxylation sites is 1. The van der Waals surface area contributed by atoms with Gasteiger partial charge in [0.1, 0.15) is 18.5 Å². The molecule has 1 aromatic carbocycles. The number of hydrogen-bond acceptors (Lipinski definition) is 3. The van der Waals surface area contributed by atoms with Gasteiger partial charge in [-0.3, -0.25) is 0 Å². The molecular formula is C15H23Cl2NO2. The van der Waals surface area contributed by atoms with Gasteiger partial charge in [0.25, 0.3) is 0 Å². The van der Waals surface area contributed by atoms with Crippen molar-refractivity contribution in [2.45, 2.75) is 25.9 Å². The van der Waals surface area contributed by atoms with Gasteiger partial charge in [0.2, 0.25) is 0 Å². The van der Waals surface area contributed by atoms with Crippen LogP contribution >= 0.6 is 24.0 Å². The van der Waals surface area contributed by atoms with E-state index in [4.69, 9.17) is 16.3 Å². The van der Waals surface area contributed by atoms with Gasteiger partial charge < -0.3 is 14.7 Å². The number of hydrogen-bond donors (Lipinski definition) is 1. The molecule has 20 heavy (non-hydrogen) atoms. The van der Waals surface area contributed by atoms with Crippen molar-refractivity contribution in [2.24, 2.45) is 5.92 Å². The standard InChI is InChI=1S/C15H22ClNO2.ClH/c1-12-6-8-17(9-7-12)10-13(18)11-19-15-5-3-2-4-14(15)16;/h2-5,12-13,18H,6-11H2,1H3;1H. The van der Waals surface area contributed by atoms with Gasteiger partial charge in [0.05, 0.1) is 5.02 Å². The molecule has 0 aromatic heterocycles. The van der Waals surface area contributed by atoms with Crippen molar-refractivity contribution < 1.29 is 9.84 Å². The summed E-state index contributed by atoms with van der Waals surface area (Å²) in [5.74, 6) is 1.45. The maximum absolute atomic E-state index is 10.0. The predicted octanol–water partition coefficient (Wildman–Crippen LogP) is 3.23. The Kier molecular flexibility index (Phi) is 7.67. The molecule has 2 rings (SSSR count). The SMILES string of the molecule is CC1CCN(CC(O)COc2ccccc2Cl)CC1.Cl. The van der Waals surface area contributed by atoms with Crippen LogP contribution in [0.1, 0.15) is 19.8 Å².